The van der Waals surface area contributed by atoms with Gasteiger partial charge in [-0.15, -0.1) is 0 Å². The van der Waals surface area contributed by atoms with E-state index in [4.69, 9.17) is 9.84 Å². The van der Waals surface area contributed by atoms with Crippen molar-refractivity contribution in [2.75, 3.05) is 19.7 Å². The van der Waals surface area contributed by atoms with Crippen LogP contribution in [-0.4, -0.2) is 49.3 Å². The van der Waals surface area contributed by atoms with Crippen molar-refractivity contribution in [3.63, 3.8) is 0 Å². The molecular formula is C19H19F2NO5S. The number of rotatable bonds is 6. The van der Waals surface area contributed by atoms with Crippen molar-refractivity contribution in [2.45, 2.75) is 23.2 Å². The van der Waals surface area contributed by atoms with Crippen LogP contribution in [0.1, 0.15) is 12.0 Å². The smallest absolute Gasteiger partial charge is 0.260 e. The Morgan fingerprint density at radius 2 is 1.86 bits per heavy atom. The molecule has 1 amide bonds. The summed E-state index contributed by atoms with van der Waals surface area (Å²) in [6.45, 7) is -0.149. The highest BCUT2D eigenvalue weighted by Gasteiger charge is 2.36. The Bertz CT molecular complexity index is 963. The van der Waals surface area contributed by atoms with Crippen LogP contribution in [0, 0.1) is 11.6 Å². The zero-order chi connectivity index (χ0) is 20.3. The number of nitrogens with zero attached hydrogens (tertiary/aromatic N) is 1. The van der Waals surface area contributed by atoms with Crippen LogP contribution >= 0.6 is 0 Å². The van der Waals surface area contributed by atoms with Crippen LogP contribution in [0.5, 0.6) is 5.75 Å². The van der Waals surface area contributed by atoms with Crippen LogP contribution in [-0.2, 0) is 21.2 Å². The fourth-order valence-electron chi connectivity index (χ4n) is 2.98. The molecule has 0 radical (unpaired) electrons. The zero-order valence-electron chi connectivity index (χ0n) is 14.8. The maximum atomic E-state index is 13.4. The monoisotopic (exact) mass is 411 g/mol. The second kappa shape index (κ2) is 8.24. The molecule has 1 unspecified atom stereocenters. The molecule has 1 heterocycles. The lowest BCUT2D eigenvalue weighted by Crippen LogP contribution is -2.35. The van der Waals surface area contributed by atoms with E-state index in [-0.39, 0.29) is 43.5 Å². The average molecular weight is 411 g/mol. The van der Waals surface area contributed by atoms with Gasteiger partial charge in [-0.3, -0.25) is 4.79 Å². The van der Waals surface area contributed by atoms with Gasteiger partial charge < -0.3 is 14.7 Å². The summed E-state index contributed by atoms with van der Waals surface area (Å²) in [6.07, 6.45) is 0.207. The van der Waals surface area contributed by atoms with Gasteiger partial charge in [-0.25, -0.2) is 17.2 Å². The number of halogens is 2. The minimum atomic E-state index is -3.88. The standard InChI is InChI=1S/C19H19F2NO5S/c20-17-6-5-15(9-18(17)21)28(25,26)16-7-8-22(10-16)19(24)12-27-14-3-1-13(11-23)2-4-14/h1-6,9,16,23H,7-8,10-12H2. The molecule has 2 aromatic carbocycles. The minimum absolute atomic E-state index is 0.0347. The highest BCUT2D eigenvalue weighted by molar-refractivity contribution is 7.92. The van der Waals surface area contributed by atoms with Crippen molar-refractivity contribution in [3.8, 4) is 5.75 Å². The molecule has 0 aliphatic carbocycles. The summed E-state index contributed by atoms with van der Waals surface area (Å²) in [4.78, 5) is 13.4. The predicted octanol–water partition coefficient (Wildman–Crippen LogP) is 1.91. The van der Waals surface area contributed by atoms with E-state index in [9.17, 15) is 22.0 Å². The number of hydrogen-bond acceptors (Lipinski definition) is 5. The van der Waals surface area contributed by atoms with E-state index in [1.807, 2.05) is 0 Å². The van der Waals surface area contributed by atoms with Crippen LogP contribution < -0.4 is 4.74 Å². The van der Waals surface area contributed by atoms with Crippen LogP contribution in [0.15, 0.2) is 47.4 Å². The summed E-state index contributed by atoms with van der Waals surface area (Å²) in [5.41, 5.74) is 0.712. The topological polar surface area (TPSA) is 83.9 Å². The highest BCUT2D eigenvalue weighted by atomic mass is 32.2. The Balaban J connectivity index is 1.60. The minimum Gasteiger partial charge on any atom is -0.484 e. The molecule has 28 heavy (non-hydrogen) atoms. The van der Waals surface area contributed by atoms with Gasteiger partial charge in [0.1, 0.15) is 5.75 Å². The molecule has 9 heteroatoms. The van der Waals surface area contributed by atoms with Crippen molar-refractivity contribution in [3.05, 3.63) is 59.7 Å². The Labute approximate surface area is 161 Å². The van der Waals surface area contributed by atoms with Crippen LogP contribution in [0.2, 0.25) is 0 Å². The summed E-state index contributed by atoms with van der Waals surface area (Å²) >= 11 is 0. The average Bonchev–Trinajstić information content (AvgIpc) is 3.19. The molecule has 3 rings (SSSR count). The normalized spacial score (nSPS) is 17.0. The number of benzene rings is 2. The fraction of sp³-hybridized carbons (Fsp3) is 0.316. The van der Waals surface area contributed by atoms with Gasteiger partial charge in [0.15, 0.2) is 28.1 Å². The number of hydrogen-bond donors (Lipinski definition) is 1. The number of ether oxygens (including phenoxy) is 1. The van der Waals surface area contributed by atoms with Crippen molar-refractivity contribution < 1.29 is 31.8 Å². The van der Waals surface area contributed by atoms with Gasteiger partial charge >= 0.3 is 0 Å². The van der Waals surface area contributed by atoms with Gasteiger partial charge in [-0.2, -0.15) is 0 Å². The Morgan fingerprint density at radius 1 is 1.14 bits per heavy atom. The van der Waals surface area contributed by atoms with Crippen molar-refractivity contribution in [1.29, 1.82) is 0 Å². The van der Waals surface area contributed by atoms with E-state index < -0.39 is 26.7 Å². The maximum Gasteiger partial charge on any atom is 0.260 e. The third-order valence-electron chi connectivity index (χ3n) is 4.62. The molecule has 150 valence electrons. The van der Waals surface area contributed by atoms with Crippen LogP contribution in [0.25, 0.3) is 0 Å². The first-order valence-electron chi connectivity index (χ1n) is 8.60. The second-order valence-corrected chi connectivity index (χ2v) is 8.69. The molecule has 1 N–H and O–H groups in total. The van der Waals surface area contributed by atoms with Gasteiger partial charge in [0, 0.05) is 13.1 Å². The van der Waals surface area contributed by atoms with E-state index in [1.165, 1.54) is 4.90 Å². The van der Waals surface area contributed by atoms with E-state index in [0.717, 1.165) is 12.1 Å². The Kier molecular flexibility index (Phi) is 5.95. The first-order valence-corrected chi connectivity index (χ1v) is 10.1. The zero-order valence-corrected chi connectivity index (χ0v) is 15.7. The first-order chi connectivity index (χ1) is 13.3. The Hall–Kier alpha value is -2.52. The molecule has 1 aliphatic rings. The van der Waals surface area contributed by atoms with Crippen LogP contribution in [0.3, 0.4) is 0 Å². The van der Waals surface area contributed by atoms with Crippen molar-refractivity contribution in [2.24, 2.45) is 0 Å². The summed E-state index contributed by atoms with van der Waals surface area (Å²) < 4.78 is 57.1. The number of carbonyl (C=O) groups excluding carboxylic acids is 1. The number of likely N-dealkylation sites (tertiary alicyclic amines) is 1. The molecule has 1 saturated heterocycles. The van der Waals surface area contributed by atoms with Crippen molar-refractivity contribution >= 4 is 15.7 Å². The van der Waals surface area contributed by atoms with Gasteiger partial charge in [0.05, 0.1) is 16.8 Å². The van der Waals surface area contributed by atoms with E-state index >= 15 is 0 Å². The Morgan fingerprint density at radius 3 is 2.50 bits per heavy atom. The molecule has 6 nitrogen and oxygen atoms in total. The number of aliphatic hydroxyl groups is 1. The maximum absolute atomic E-state index is 13.4. The lowest BCUT2D eigenvalue weighted by Gasteiger charge is -2.17. The quantitative estimate of drug-likeness (QED) is 0.735. The highest BCUT2D eigenvalue weighted by Crippen LogP contribution is 2.25. The number of carbonyl (C=O) groups is 1. The van der Waals surface area contributed by atoms with Gasteiger partial charge in [0.2, 0.25) is 0 Å². The molecule has 2 aromatic rings. The summed E-state index contributed by atoms with van der Waals surface area (Å²) in [7, 11) is -3.88. The molecule has 1 fully saturated rings. The summed E-state index contributed by atoms with van der Waals surface area (Å²) in [5, 5.41) is 8.12. The first kappa shape index (κ1) is 20.2. The predicted molar refractivity (Wildman–Crippen MR) is 96.4 cm³/mol. The summed E-state index contributed by atoms with van der Waals surface area (Å²) in [5.74, 6) is -2.26. The number of aliphatic hydroxyl groups excluding tert-OH is 1. The lowest BCUT2D eigenvalue weighted by molar-refractivity contribution is -0.132. The number of amides is 1. The van der Waals surface area contributed by atoms with E-state index in [1.54, 1.807) is 24.3 Å². The molecule has 1 atom stereocenters. The summed E-state index contributed by atoms with van der Waals surface area (Å²) in [6, 6.07) is 9.04. The van der Waals surface area contributed by atoms with Gasteiger partial charge in [-0.05, 0) is 42.3 Å². The lowest BCUT2D eigenvalue weighted by atomic mass is 10.2. The van der Waals surface area contributed by atoms with Crippen LogP contribution in [0.4, 0.5) is 8.78 Å². The third-order valence-corrected chi connectivity index (χ3v) is 6.80. The van der Waals surface area contributed by atoms with E-state index in [0.29, 0.717) is 17.4 Å². The largest absolute Gasteiger partial charge is 0.484 e. The molecule has 0 bridgehead atoms. The molecule has 1 aliphatic heterocycles. The SMILES string of the molecule is O=C(COc1ccc(CO)cc1)N1CCC(S(=O)(=O)c2ccc(F)c(F)c2)C1. The third kappa shape index (κ3) is 4.31. The molecular weight excluding hydrogens is 392 g/mol. The molecule has 0 spiro atoms. The van der Waals surface area contributed by atoms with Gasteiger partial charge in [0.25, 0.3) is 5.91 Å². The molecule has 0 aromatic heterocycles. The van der Waals surface area contributed by atoms with Crippen molar-refractivity contribution in [1.82, 2.24) is 4.90 Å². The van der Waals surface area contributed by atoms with Gasteiger partial charge in [-0.1, -0.05) is 12.1 Å². The van der Waals surface area contributed by atoms with E-state index in [2.05, 4.69) is 0 Å². The number of sulfone groups is 1. The fourth-order valence-corrected chi connectivity index (χ4v) is 4.68. The molecule has 0 saturated carbocycles. The second-order valence-electron chi connectivity index (χ2n) is 6.46.